The summed E-state index contributed by atoms with van der Waals surface area (Å²) in [7, 11) is -4.01. The molecule has 0 heterocycles. The molecule has 3 rings (SSSR count). The third-order valence-electron chi connectivity index (χ3n) is 3.98. The second kappa shape index (κ2) is 7.77. The Morgan fingerprint density at radius 2 is 1.61 bits per heavy atom. The molecule has 3 aromatic carbocycles. The lowest BCUT2D eigenvalue weighted by Crippen LogP contribution is -2.17. The van der Waals surface area contributed by atoms with Gasteiger partial charge in [0.2, 0.25) is 0 Å². The summed E-state index contributed by atoms with van der Waals surface area (Å²) in [4.78, 5) is 12.4. The van der Waals surface area contributed by atoms with E-state index in [4.69, 9.17) is 0 Å². The molecule has 0 radical (unpaired) electrons. The first-order valence-corrected chi connectivity index (χ1v) is 9.69. The predicted molar refractivity (Wildman–Crippen MR) is 103 cm³/mol. The van der Waals surface area contributed by atoms with Gasteiger partial charge in [-0.25, -0.2) is 17.2 Å². The van der Waals surface area contributed by atoms with Crippen molar-refractivity contribution in [2.75, 3.05) is 10.0 Å². The minimum Gasteiger partial charge on any atom is -0.319 e. The number of sulfonamides is 1. The molecule has 0 bridgehead atoms. The zero-order valence-corrected chi connectivity index (χ0v) is 15.6. The molecule has 8 heteroatoms. The highest BCUT2D eigenvalue weighted by atomic mass is 32.2. The summed E-state index contributed by atoms with van der Waals surface area (Å²) in [5.74, 6) is -1.73. The van der Waals surface area contributed by atoms with Crippen LogP contribution in [0.5, 0.6) is 0 Å². The highest BCUT2D eigenvalue weighted by molar-refractivity contribution is 7.92. The Kier molecular flexibility index (Phi) is 5.41. The largest absolute Gasteiger partial charge is 0.319 e. The Morgan fingerprint density at radius 1 is 0.929 bits per heavy atom. The van der Waals surface area contributed by atoms with Crippen molar-refractivity contribution in [1.82, 2.24) is 0 Å². The Bertz CT molecular complexity index is 1130. The molecule has 0 saturated heterocycles. The van der Waals surface area contributed by atoms with E-state index in [1.54, 1.807) is 13.0 Å². The molecule has 3 aromatic rings. The fourth-order valence-electron chi connectivity index (χ4n) is 2.50. The first-order chi connectivity index (χ1) is 13.3. The van der Waals surface area contributed by atoms with Crippen LogP contribution in [0.4, 0.5) is 20.2 Å². The topological polar surface area (TPSA) is 75.3 Å². The van der Waals surface area contributed by atoms with Gasteiger partial charge in [0.1, 0.15) is 11.6 Å². The lowest BCUT2D eigenvalue weighted by atomic mass is 10.1. The summed E-state index contributed by atoms with van der Waals surface area (Å²) < 4.78 is 54.2. The molecular formula is C20H16F2N2O3S. The van der Waals surface area contributed by atoms with Crippen LogP contribution < -0.4 is 10.0 Å². The van der Waals surface area contributed by atoms with Crippen LogP contribution in [0, 0.1) is 18.6 Å². The first-order valence-electron chi connectivity index (χ1n) is 8.21. The molecule has 0 aliphatic rings. The number of rotatable bonds is 5. The van der Waals surface area contributed by atoms with Gasteiger partial charge in [0.15, 0.2) is 0 Å². The number of anilines is 2. The molecule has 0 atom stereocenters. The van der Waals surface area contributed by atoms with E-state index in [1.165, 1.54) is 48.5 Å². The van der Waals surface area contributed by atoms with Crippen molar-refractivity contribution in [2.45, 2.75) is 11.8 Å². The quantitative estimate of drug-likeness (QED) is 0.667. The van der Waals surface area contributed by atoms with Gasteiger partial charge in [-0.15, -0.1) is 0 Å². The van der Waals surface area contributed by atoms with Crippen molar-refractivity contribution in [3.05, 3.63) is 89.5 Å². The van der Waals surface area contributed by atoms with Crippen LogP contribution in [0.3, 0.4) is 0 Å². The minimum atomic E-state index is -4.01. The standard InChI is InChI=1S/C20H16F2N2O3S/c1-13-6-11-16(28(26,27)24-15-9-7-14(21)8-10-15)12-17(13)20(25)23-19-5-3-2-4-18(19)22/h2-12,24H,1H3,(H,23,25). The van der Waals surface area contributed by atoms with Crippen molar-refractivity contribution in [3.8, 4) is 0 Å². The van der Waals surface area contributed by atoms with Crippen LogP contribution in [0.1, 0.15) is 15.9 Å². The minimum absolute atomic E-state index is 0.00963. The fourth-order valence-corrected chi connectivity index (χ4v) is 3.58. The van der Waals surface area contributed by atoms with Gasteiger partial charge in [-0.05, 0) is 61.0 Å². The number of carbonyl (C=O) groups is 1. The summed E-state index contributed by atoms with van der Waals surface area (Å²) in [6, 6.07) is 14.5. The highest BCUT2D eigenvalue weighted by Gasteiger charge is 2.19. The van der Waals surface area contributed by atoms with Gasteiger partial charge in [-0.1, -0.05) is 18.2 Å². The number of amides is 1. The van der Waals surface area contributed by atoms with Crippen molar-refractivity contribution in [1.29, 1.82) is 0 Å². The van der Waals surface area contributed by atoms with Gasteiger partial charge >= 0.3 is 0 Å². The van der Waals surface area contributed by atoms with E-state index in [1.807, 2.05) is 0 Å². The molecular weight excluding hydrogens is 386 g/mol. The number of aryl methyl sites for hydroxylation is 1. The smallest absolute Gasteiger partial charge is 0.261 e. The molecule has 0 fully saturated rings. The van der Waals surface area contributed by atoms with E-state index >= 15 is 0 Å². The van der Waals surface area contributed by atoms with Crippen molar-refractivity contribution in [2.24, 2.45) is 0 Å². The Labute approximate surface area is 161 Å². The fraction of sp³-hybridized carbons (Fsp3) is 0.0500. The summed E-state index contributed by atoms with van der Waals surface area (Å²) in [5, 5.41) is 2.43. The number of carbonyl (C=O) groups excluding carboxylic acids is 1. The van der Waals surface area contributed by atoms with E-state index < -0.39 is 27.6 Å². The molecule has 28 heavy (non-hydrogen) atoms. The van der Waals surface area contributed by atoms with Crippen molar-refractivity contribution >= 4 is 27.3 Å². The molecule has 2 N–H and O–H groups in total. The molecule has 144 valence electrons. The first kappa shape index (κ1) is 19.5. The van der Waals surface area contributed by atoms with E-state index in [-0.39, 0.29) is 21.8 Å². The number of para-hydroxylation sites is 1. The van der Waals surface area contributed by atoms with Crippen LogP contribution in [0.15, 0.2) is 71.6 Å². The third-order valence-corrected chi connectivity index (χ3v) is 5.36. The number of hydrogen-bond donors (Lipinski definition) is 2. The van der Waals surface area contributed by atoms with Crippen LogP contribution in [-0.4, -0.2) is 14.3 Å². The van der Waals surface area contributed by atoms with Crippen LogP contribution >= 0.6 is 0 Å². The van der Waals surface area contributed by atoms with Crippen LogP contribution in [0.25, 0.3) is 0 Å². The molecule has 1 amide bonds. The summed E-state index contributed by atoms with van der Waals surface area (Å²) in [5.41, 5.74) is 0.781. The normalized spacial score (nSPS) is 11.1. The third kappa shape index (κ3) is 4.34. The van der Waals surface area contributed by atoms with E-state index in [0.717, 1.165) is 12.1 Å². The molecule has 0 aromatic heterocycles. The molecule has 0 unspecified atom stereocenters. The maximum atomic E-state index is 13.8. The SMILES string of the molecule is Cc1ccc(S(=O)(=O)Nc2ccc(F)cc2)cc1C(=O)Nc1ccccc1F. The number of benzene rings is 3. The number of nitrogens with one attached hydrogen (secondary N) is 2. The molecule has 0 saturated carbocycles. The van der Waals surface area contributed by atoms with E-state index in [0.29, 0.717) is 5.56 Å². The monoisotopic (exact) mass is 402 g/mol. The Hall–Kier alpha value is -3.26. The maximum Gasteiger partial charge on any atom is 0.261 e. The van der Waals surface area contributed by atoms with Gasteiger partial charge in [-0.2, -0.15) is 0 Å². The van der Waals surface area contributed by atoms with Gasteiger partial charge in [0.05, 0.1) is 10.6 Å². The second-order valence-corrected chi connectivity index (χ2v) is 7.71. The van der Waals surface area contributed by atoms with Gasteiger partial charge < -0.3 is 5.32 Å². The number of hydrogen-bond acceptors (Lipinski definition) is 3. The molecule has 5 nitrogen and oxygen atoms in total. The molecule has 0 spiro atoms. The number of halogens is 2. The molecule has 0 aliphatic carbocycles. The maximum absolute atomic E-state index is 13.8. The van der Waals surface area contributed by atoms with Crippen LogP contribution in [0.2, 0.25) is 0 Å². The highest BCUT2D eigenvalue weighted by Crippen LogP contribution is 2.21. The second-order valence-electron chi connectivity index (χ2n) is 6.02. The summed E-state index contributed by atoms with van der Waals surface area (Å²) in [6.45, 7) is 1.64. The summed E-state index contributed by atoms with van der Waals surface area (Å²) >= 11 is 0. The van der Waals surface area contributed by atoms with Crippen molar-refractivity contribution in [3.63, 3.8) is 0 Å². The van der Waals surface area contributed by atoms with E-state index in [2.05, 4.69) is 10.0 Å². The Balaban J connectivity index is 1.89. The predicted octanol–water partition coefficient (Wildman–Crippen LogP) is 4.33. The lowest BCUT2D eigenvalue weighted by molar-refractivity contribution is 0.102. The van der Waals surface area contributed by atoms with Gasteiger partial charge in [0.25, 0.3) is 15.9 Å². The zero-order chi connectivity index (χ0) is 20.3. The van der Waals surface area contributed by atoms with Gasteiger partial charge in [0, 0.05) is 11.3 Å². The van der Waals surface area contributed by atoms with Gasteiger partial charge in [-0.3, -0.25) is 9.52 Å². The molecule has 0 aliphatic heterocycles. The Morgan fingerprint density at radius 3 is 2.29 bits per heavy atom. The lowest BCUT2D eigenvalue weighted by Gasteiger charge is -2.12. The van der Waals surface area contributed by atoms with Crippen LogP contribution in [-0.2, 0) is 10.0 Å². The summed E-state index contributed by atoms with van der Waals surface area (Å²) in [6.07, 6.45) is 0. The zero-order valence-electron chi connectivity index (χ0n) is 14.7. The van der Waals surface area contributed by atoms with Crippen molar-refractivity contribution < 1.29 is 22.0 Å². The van der Waals surface area contributed by atoms with E-state index in [9.17, 15) is 22.0 Å². The average molecular weight is 402 g/mol. The average Bonchev–Trinajstić information content (AvgIpc) is 2.65.